The van der Waals surface area contributed by atoms with E-state index in [0.717, 1.165) is 19.4 Å². The maximum Gasteiger partial charge on any atom is 0.230 e. The Morgan fingerprint density at radius 2 is 2.21 bits per heavy atom. The summed E-state index contributed by atoms with van der Waals surface area (Å²) in [4.78, 5) is 23.9. The molecule has 0 aromatic carbocycles. The first-order chi connectivity index (χ1) is 6.63. The molecule has 4 nitrogen and oxygen atoms in total. The average Bonchev–Trinajstić information content (AvgIpc) is 2.52. The van der Waals surface area contributed by atoms with Gasteiger partial charge >= 0.3 is 0 Å². The maximum atomic E-state index is 11.4. The van der Waals surface area contributed by atoms with E-state index in [1.54, 1.807) is 4.90 Å². The first-order valence-electron chi connectivity index (χ1n) is 5.01. The second-order valence-electron chi connectivity index (χ2n) is 3.89. The Morgan fingerprint density at radius 1 is 1.50 bits per heavy atom. The lowest BCUT2D eigenvalue weighted by molar-refractivity contribution is -0.134. The summed E-state index contributed by atoms with van der Waals surface area (Å²) in [7, 11) is 0. The quantitative estimate of drug-likeness (QED) is 0.658. The molecule has 0 aromatic heterocycles. The van der Waals surface area contributed by atoms with Crippen molar-refractivity contribution in [2.45, 2.75) is 26.2 Å². The van der Waals surface area contributed by atoms with Gasteiger partial charge in [-0.05, 0) is 25.7 Å². The van der Waals surface area contributed by atoms with Crippen LogP contribution in [0.3, 0.4) is 0 Å². The first-order valence-corrected chi connectivity index (χ1v) is 5.01. The molecule has 0 bridgehead atoms. The fourth-order valence-electron chi connectivity index (χ4n) is 1.80. The van der Waals surface area contributed by atoms with E-state index in [1.165, 1.54) is 6.92 Å². The number of rotatable bonds is 4. The van der Waals surface area contributed by atoms with Crippen LogP contribution in [0.15, 0.2) is 0 Å². The molecule has 1 unspecified atom stereocenters. The number of likely N-dealkylation sites (tertiary alicyclic amines) is 1. The number of ketones is 1. The summed E-state index contributed by atoms with van der Waals surface area (Å²) < 4.78 is 0. The number of amides is 1. The molecule has 0 saturated carbocycles. The van der Waals surface area contributed by atoms with E-state index >= 15 is 0 Å². The van der Waals surface area contributed by atoms with Crippen LogP contribution in [-0.2, 0) is 9.59 Å². The van der Waals surface area contributed by atoms with E-state index < -0.39 is 0 Å². The van der Waals surface area contributed by atoms with Gasteiger partial charge in [-0.2, -0.15) is 0 Å². The third-order valence-corrected chi connectivity index (χ3v) is 2.58. The van der Waals surface area contributed by atoms with E-state index in [9.17, 15) is 9.59 Å². The number of aliphatic hydroxyl groups excluding tert-OH is 1. The number of hydrogen-bond donors (Lipinski definition) is 1. The van der Waals surface area contributed by atoms with Crippen LogP contribution >= 0.6 is 0 Å². The lowest BCUT2D eigenvalue weighted by Gasteiger charge is -2.15. The normalized spacial score (nSPS) is 21.3. The molecular formula is C10H17NO3. The predicted molar refractivity (Wildman–Crippen MR) is 51.7 cm³/mol. The first kappa shape index (κ1) is 11.2. The van der Waals surface area contributed by atoms with Crippen LogP contribution in [0.1, 0.15) is 26.2 Å². The van der Waals surface area contributed by atoms with Crippen LogP contribution in [0.4, 0.5) is 0 Å². The second-order valence-corrected chi connectivity index (χ2v) is 3.89. The standard InChI is InChI=1S/C10H17NO3/c1-8(13)6-10(14)11-4-2-9(7-11)3-5-12/h9,12H,2-7H2,1H3. The van der Waals surface area contributed by atoms with Crippen LogP contribution in [-0.4, -0.2) is 41.4 Å². The lowest BCUT2D eigenvalue weighted by Crippen LogP contribution is -2.30. The Labute approximate surface area is 83.9 Å². The largest absolute Gasteiger partial charge is 0.396 e. The van der Waals surface area contributed by atoms with Gasteiger partial charge in [-0.15, -0.1) is 0 Å². The molecule has 80 valence electrons. The third-order valence-electron chi connectivity index (χ3n) is 2.58. The zero-order valence-corrected chi connectivity index (χ0v) is 8.53. The molecule has 1 saturated heterocycles. The monoisotopic (exact) mass is 199 g/mol. The van der Waals surface area contributed by atoms with Gasteiger partial charge in [0.2, 0.25) is 5.91 Å². The number of aliphatic hydroxyl groups is 1. The van der Waals surface area contributed by atoms with E-state index in [1.807, 2.05) is 0 Å². The highest BCUT2D eigenvalue weighted by molar-refractivity contribution is 5.96. The fourth-order valence-corrected chi connectivity index (χ4v) is 1.80. The molecule has 4 heteroatoms. The van der Waals surface area contributed by atoms with Crippen LogP contribution in [0.5, 0.6) is 0 Å². The molecule has 1 amide bonds. The van der Waals surface area contributed by atoms with Gasteiger partial charge in [-0.1, -0.05) is 0 Å². The fraction of sp³-hybridized carbons (Fsp3) is 0.800. The minimum Gasteiger partial charge on any atom is -0.396 e. The lowest BCUT2D eigenvalue weighted by atomic mass is 10.1. The molecule has 1 rings (SSSR count). The van der Waals surface area contributed by atoms with E-state index in [-0.39, 0.29) is 24.7 Å². The number of nitrogens with zero attached hydrogens (tertiary/aromatic N) is 1. The Morgan fingerprint density at radius 3 is 2.79 bits per heavy atom. The van der Waals surface area contributed by atoms with Crippen molar-refractivity contribution in [2.75, 3.05) is 19.7 Å². The Kier molecular flexibility index (Phi) is 4.07. The highest BCUT2D eigenvalue weighted by Gasteiger charge is 2.25. The summed E-state index contributed by atoms with van der Waals surface area (Å²) >= 11 is 0. The zero-order valence-electron chi connectivity index (χ0n) is 8.53. The maximum absolute atomic E-state index is 11.4. The molecular weight excluding hydrogens is 182 g/mol. The highest BCUT2D eigenvalue weighted by atomic mass is 16.3. The molecule has 0 spiro atoms. The summed E-state index contributed by atoms with van der Waals surface area (Å²) in [5.74, 6) is 0.259. The Bertz CT molecular complexity index is 227. The topological polar surface area (TPSA) is 57.6 Å². The van der Waals surface area contributed by atoms with Crippen molar-refractivity contribution in [2.24, 2.45) is 5.92 Å². The SMILES string of the molecule is CC(=O)CC(=O)N1CCC(CCO)C1. The number of Topliss-reactive ketones (excluding diaryl/α,β-unsaturated/α-hetero) is 1. The summed E-state index contributed by atoms with van der Waals surface area (Å²) in [6, 6.07) is 0. The van der Waals surface area contributed by atoms with Gasteiger partial charge in [0.1, 0.15) is 5.78 Å². The van der Waals surface area contributed by atoms with E-state index in [0.29, 0.717) is 12.5 Å². The molecule has 14 heavy (non-hydrogen) atoms. The second kappa shape index (κ2) is 5.10. The molecule has 1 heterocycles. The van der Waals surface area contributed by atoms with Gasteiger partial charge in [0.25, 0.3) is 0 Å². The van der Waals surface area contributed by atoms with Gasteiger partial charge in [0.15, 0.2) is 0 Å². The van der Waals surface area contributed by atoms with Gasteiger partial charge in [-0.3, -0.25) is 9.59 Å². The number of hydrogen-bond acceptors (Lipinski definition) is 3. The van der Waals surface area contributed by atoms with Gasteiger partial charge in [0, 0.05) is 19.7 Å². The summed E-state index contributed by atoms with van der Waals surface area (Å²) in [6.07, 6.45) is 1.72. The molecule has 0 aromatic rings. The zero-order chi connectivity index (χ0) is 10.6. The van der Waals surface area contributed by atoms with Crippen LogP contribution in [0.2, 0.25) is 0 Å². The van der Waals surface area contributed by atoms with Crippen molar-refractivity contribution in [3.8, 4) is 0 Å². The molecule has 1 aliphatic heterocycles. The van der Waals surface area contributed by atoms with Crippen molar-refractivity contribution in [1.29, 1.82) is 0 Å². The van der Waals surface area contributed by atoms with Crippen molar-refractivity contribution in [1.82, 2.24) is 4.90 Å². The Hall–Kier alpha value is -0.900. The van der Waals surface area contributed by atoms with Gasteiger partial charge in [0.05, 0.1) is 6.42 Å². The van der Waals surface area contributed by atoms with Crippen LogP contribution in [0, 0.1) is 5.92 Å². The molecule has 0 radical (unpaired) electrons. The van der Waals surface area contributed by atoms with Crippen molar-refractivity contribution in [3.63, 3.8) is 0 Å². The minimum absolute atomic E-state index is 0.0197. The third kappa shape index (κ3) is 3.10. The van der Waals surface area contributed by atoms with Crippen LogP contribution in [0.25, 0.3) is 0 Å². The predicted octanol–water partition coefficient (Wildman–Crippen LogP) is 0.196. The van der Waals surface area contributed by atoms with E-state index in [4.69, 9.17) is 5.11 Å². The number of carbonyl (C=O) groups excluding carboxylic acids is 2. The smallest absolute Gasteiger partial charge is 0.230 e. The minimum atomic E-state index is -0.0828. The molecule has 1 N–H and O–H groups in total. The van der Waals surface area contributed by atoms with Crippen LogP contribution < -0.4 is 0 Å². The average molecular weight is 199 g/mol. The van der Waals surface area contributed by atoms with E-state index in [2.05, 4.69) is 0 Å². The van der Waals surface area contributed by atoms with Crippen molar-refractivity contribution in [3.05, 3.63) is 0 Å². The van der Waals surface area contributed by atoms with Crippen molar-refractivity contribution < 1.29 is 14.7 Å². The number of carbonyl (C=O) groups is 2. The highest BCUT2D eigenvalue weighted by Crippen LogP contribution is 2.19. The molecule has 1 aliphatic rings. The Balaban J connectivity index is 2.34. The molecule has 1 atom stereocenters. The van der Waals surface area contributed by atoms with Gasteiger partial charge < -0.3 is 10.0 Å². The molecule has 0 aliphatic carbocycles. The molecule has 1 fully saturated rings. The van der Waals surface area contributed by atoms with Crippen molar-refractivity contribution >= 4 is 11.7 Å². The summed E-state index contributed by atoms with van der Waals surface area (Å²) in [5.41, 5.74) is 0. The summed E-state index contributed by atoms with van der Waals surface area (Å²) in [6.45, 7) is 3.04. The van der Waals surface area contributed by atoms with Gasteiger partial charge in [-0.25, -0.2) is 0 Å². The summed E-state index contributed by atoms with van der Waals surface area (Å²) in [5, 5.41) is 8.74.